The number of halogens is 1. The lowest BCUT2D eigenvalue weighted by molar-refractivity contribution is -0.164. The molecule has 3 aliphatic heterocycles. The van der Waals surface area contributed by atoms with Crippen LogP contribution in [0.2, 0.25) is 5.02 Å². The highest BCUT2D eigenvalue weighted by atomic mass is 35.5. The van der Waals surface area contributed by atoms with Gasteiger partial charge in [-0.1, -0.05) is 36.6 Å². The molecule has 0 aromatic heterocycles. The number of rotatable bonds is 6. The first kappa shape index (κ1) is 24.5. The third kappa shape index (κ3) is 5.20. The van der Waals surface area contributed by atoms with Crippen molar-refractivity contribution in [3.05, 3.63) is 34.9 Å². The number of carbonyl (C=O) groups excluding carboxylic acids is 4. The zero-order chi connectivity index (χ0) is 24.2. The van der Waals surface area contributed by atoms with Crippen LogP contribution in [0.4, 0.5) is 0 Å². The molecule has 3 heterocycles. The van der Waals surface area contributed by atoms with E-state index < -0.39 is 36.3 Å². The molecule has 184 valence electrons. The lowest BCUT2D eigenvalue weighted by atomic mass is 9.98. The molecule has 0 bridgehead atoms. The molecule has 3 fully saturated rings. The molecule has 0 aliphatic carbocycles. The Morgan fingerprint density at radius 3 is 2.65 bits per heavy atom. The Balaban J connectivity index is 1.48. The first-order valence-corrected chi connectivity index (χ1v) is 12.3. The number of hydrogen-bond acceptors (Lipinski definition) is 6. The fraction of sp³-hybridized carbons (Fsp3) is 0.583. The average molecular weight is 492 g/mol. The van der Waals surface area contributed by atoms with E-state index in [1.165, 1.54) is 0 Å². The number of benzene rings is 1. The van der Waals surface area contributed by atoms with Crippen LogP contribution < -0.4 is 10.6 Å². The van der Waals surface area contributed by atoms with Gasteiger partial charge in [-0.15, -0.1) is 0 Å². The second-order valence-electron chi connectivity index (χ2n) is 8.92. The van der Waals surface area contributed by atoms with Gasteiger partial charge in [-0.3, -0.25) is 19.2 Å². The number of hydrogen-bond donors (Lipinski definition) is 2. The van der Waals surface area contributed by atoms with Crippen LogP contribution >= 0.6 is 11.6 Å². The van der Waals surface area contributed by atoms with E-state index in [0.29, 0.717) is 36.5 Å². The number of fused-ring (bicyclic) bond motifs is 1. The summed E-state index contributed by atoms with van der Waals surface area (Å²) in [5.41, 5.74) is 0.305. The number of nitrogens with one attached hydrogen (secondary N) is 2. The van der Waals surface area contributed by atoms with Crippen molar-refractivity contribution in [1.29, 1.82) is 0 Å². The highest BCUT2D eigenvalue weighted by Crippen LogP contribution is 2.32. The van der Waals surface area contributed by atoms with Gasteiger partial charge >= 0.3 is 5.97 Å². The van der Waals surface area contributed by atoms with Crippen LogP contribution in [0.25, 0.3) is 0 Å². The number of carbonyl (C=O) groups is 4. The molecule has 3 saturated heterocycles. The molecule has 5 atom stereocenters. The lowest BCUT2D eigenvalue weighted by Crippen LogP contribution is -2.57. The molecule has 0 radical (unpaired) electrons. The summed E-state index contributed by atoms with van der Waals surface area (Å²) in [6.07, 6.45) is 3.44. The Bertz CT molecular complexity index is 956. The first-order chi connectivity index (χ1) is 16.4. The van der Waals surface area contributed by atoms with Gasteiger partial charge in [0.1, 0.15) is 18.1 Å². The van der Waals surface area contributed by atoms with Gasteiger partial charge in [-0.05, 0) is 44.7 Å². The highest BCUT2D eigenvalue weighted by molar-refractivity contribution is 6.33. The van der Waals surface area contributed by atoms with Crippen molar-refractivity contribution < 1.29 is 28.7 Å². The SMILES string of the molecule is CCOC1OC(=O)CC1NC(=O)[C@@H]1CC[C@@H]2CCCC[C@H](NC(=O)c3ccccc3Cl)C(=O)N21. The van der Waals surface area contributed by atoms with Crippen LogP contribution in [0, 0.1) is 0 Å². The minimum Gasteiger partial charge on any atom is -0.433 e. The number of nitrogens with zero attached hydrogens (tertiary/aromatic N) is 1. The molecule has 4 rings (SSSR count). The van der Waals surface area contributed by atoms with Gasteiger partial charge in [0.2, 0.25) is 18.1 Å². The van der Waals surface area contributed by atoms with E-state index in [4.69, 9.17) is 21.1 Å². The van der Waals surface area contributed by atoms with Crippen molar-refractivity contribution in [3.8, 4) is 0 Å². The van der Waals surface area contributed by atoms with Crippen LogP contribution in [0.5, 0.6) is 0 Å². The molecule has 3 amide bonds. The Kier molecular flexibility index (Phi) is 7.73. The smallest absolute Gasteiger partial charge is 0.310 e. The van der Waals surface area contributed by atoms with E-state index in [1.54, 1.807) is 36.1 Å². The topological polar surface area (TPSA) is 114 Å². The summed E-state index contributed by atoms with van der Waals surface area (Å²) in [4.78, 5) is 53.0. The van der Waals surface area contributed by atoms with Gasteiger partial charge in [0, 0.05) is 12.6 Å². The summed E-state index contributed by atoms with van der Waals surface area (Å²) in [7, 11) is 0. The minimum atomic E-state index is -0.829. The van der Waals surface area contributed by atoms with E-state index in [9.17, 15) is 19.2 Å². The summed E-state index contributed by atoms with van der Waals surface area (Å²) in [5.74, 6) is -1.44. The Morgan fingerprint density at radius 2 is 1.88 bits per heavy atom. The van der Waals surface area contributed by atoms with Gasteiger partial charge in [0.25, 0.3) is 5.91 Å². The van der Waals surface area contributed by atoms with Crippen molar-refractivity contribution in [2.45, 2.75) is 82.3 Å². The summed E-state index contributed by atoms with van der Waals surface area (Å²) >= 11 is 6.16. The molecule has 1 aromatic carbocycles. The van der Waals surface area contributed by atoms with Gasteiger partial charge in [0.05, 0.1) is 17.0 Å². The molecule has 2 N–H and O–H groups in total. The number of cyclic esters (lactones) is 1. The maximum absolute atomic E-state index is 13.6. The van der Waals surface area contributed by atoms with Gasteiger partial charge in [-0.25, -0.2) is 0 Å². The zero-order valence-electron chi connectivity index (χ0n) is 19.1. The molecule has 2 unspecified atom stereocenters. The van der Waals surface area contributed by atoms with E-state index in [-0.39, 0.29) is 24.3 Å². The predicted molar refractivity (Wildman–Crippen MR) is 123 cm³/mol. The predicted octanol–water partition coefficient (Wildman–Crippen LogP) is 2.17. The van der Waals surface area contributed by atoms with Crippen molar-refractivity contribution in [1.82, 2.24) is 15.5 Å². The third-order valence-corrected chi connectivity index (χ3v) is 7.01. The molecule has 0 spiro atoms. The number of amides is 3. The number of ether oxygens (including phenoxy) is 2. The van der Waals surface area contributed by atoms with E-state index in [2.05, 4.69) is 10.6 Å². The van der Waals surface area contributed by atoms with Crippen LogP contribution in [0.15, 0.2) is 24.3 Å². The van der Waals surface area contributed by atoms with E-state index in [1.807, 2.05) is 0 Å². The fourth-order valence-corrected chi connectivity index (χ4v) is 5.27. The quantitative estimate of drug-likeness (QED) is 0.589. The van der Waals surface area contributed by atoms with Crippen LogP contribution in [0.3, 0.4) is 0 Å². The van der Waals surface area contributed by atoms with Crippen molar-refractivity contribution >= 4 is 35.3 Å². The highest BCUT2D eigenvalue weighted by Gasteiger charge is 2.46. The maximum Gasteiger partial charge on any atom is 0.310 e. The first-order valence-electron chi connectivity index (χ1n) is 11.9. The van der Waals surface area contributed by atoms with Crippen LogP contribution in [0.1, 0.15) is 62.2 Å². The monoisotopic (exact) mass is 491 g/mol. The second kappa shape index (κ2) is 10.7. The van der Waals surface area contributed by atoms with Gasteiger partial charge < -0.3 is 25.0 Å². The molecule has 10 heteroatoms. The normalized spacial score (nSPS) is 29.1. The summed E-state index contributed by atoms with van der Waals surface area (Å²) in [5, 5.41) is 6.01. The average Bonchev–Trinajstić information content (AvgIpc) is 3.37. The van der Waals surface area contributed by atoms with Crippen molar-refractivity contribution in [3.63, 3.8) is 0 Å². The number of esters is 1. The molecule has 9 nitrogen and oxygen atoms in total. The van der Waals surface area contributed by atoms with Gasteiger partial charge in [0.15, 0.2) is 0 Å². The largest absolute Gasteiger partial charge is 0.433 e. The standard InChI is InChI=1S/C24H30ClN3O6/c1-2-33-24-18(13-20(29)34-24)27-22(31)19-12-11-14-7-3-6-10-17(23(32)28(14)19)26-21(30)15-8-4-5-9-16(15)25/h4-5,8-9,14,17-19,24H,2-3,6-7,10-13H2,1H3,(H,26,30)(H,27,31)/t14-,17-,18?,19-,24?/m0/s1. The summed E-state index contributed by atoms with van der Waals surface area (Å²) in [6.45, 7) is 2.12. The Hall–Kier alpha value is -2.65. The zero-order valence-corrected chi connectivity index (χ0v) is 19.9. The van der Waals surface area contributed by atoms with Crippen LogP contribution in [-0.2, 0) is 23.9 Å². The van der Waals surface area contributed by atoms with Gasteiger partial charge in [-0.2, -0.15) is 0 Å². The summed E-state index contributed by atoms with van der Waals surface area (Å²) in [6, 6.07) is 4.61. The minimum absolute atomic E-state index is 0.0248. The molecular weight excluding hydrogens is 462 g/mol. The fourth-order valence-electron chi connectivity index (χ4n) is 5.05. The van der Waals surface area contributed by atoms with E-state index >= 15 is 0 Å². The Morgan fingerprint density at radius 1 is 1.12 bits per heavy atom. The van der Waals surface area contributed by atoms with Crippen LogP contribution in [-0.4, -0.2) is 65.7 Å². The van der Waals surface area contributed by atoms with Crippen molar-refractivity contribution in [2.24, 2.45) is 0 Å². The Labute approximate surface area is 203 Å². The molecule has 3 aliphatic rings. The van der Waals surface area contributed by atoms with Crippen molar-refractivity contribution in [2.75, 3.05) is 6.61 Å². The van der Waals surface area contributed by atoms with E-state index in [0.717, 1.165) is 19.3 Å². The molecule has 0 saturated carbocycles. The second-order valence-corrected chi connectivity index (χ2v) is 9.32. The third-order valence-electron chi connectivity index (χ3n) is 6.68. The summed E-state index contributed by atoms with van der Waals surface area (Å²) < 4.78 is 10.6. The molecule has 34 heavy (non-hydrogen) atoms. The maximum atomic E-state index is 13.6. The lowest BCUT2D eigenvalue weighted by Gasteiger charge is -2.35. The molecule has 1 aromatic rings. The molecular formula is C24H30ClN3O6.